The molecular weight excluding hydrogens is 386 g/mol. The molecule has 0 saturated carbocycles. The van der Waals surface area contributed by atoms with Gasteiger partial charge in [-0.15, -0.1) is 10.2 Å². The van der Waals surface area contributed by atoms with Crippen LogP contribution < -0.4 is 4.90 Å². The zero-order valence-electron chi connectivity index (χ0n) is 14.8. The first-order chi connectivity index (χ1) is 13.1. The van der Waals surface area contributed by atoms with Crippen LogP contribution in [0, 0.1) is 6.92 Å². The van der Waals surface area contributed by atoms with Gasteiger partial charge in [0.05, 0.1) is 12.1 Å². The van der Waals surface area contributed by atoms with Gasteiger partial charge in [0.2, 0.25) is 11.8 Å². The Kier molecular flexibility index (Phi) is 5.09. The minimum absolute atomic E-state index is 0.0603. The Balaban J connectivity index is 1.37. The number of hydrogen-bond acceptors (Lipinski definition) is 7. The fourth-order valence-electron chi connectivity index (χ4n) is 3.02. The van der Waals surface area contributed by atoms with Crippen LogP contribution in [0.5, 0.6) is 0 Å². The molecule has 9 heteroatoms. The summed E-state index contributed by atoms with van der Waals surface area (Å²) < 4.78 is 5.72. The van der Waals surface area contributed by atoms with E-state index >= 15 is 0 Å². The number of amides is 1. The van der Waals surface area contributed by atoms with Gasteiger partial charge in [0, 0.05) is 37.1 Å². The predicted octanol–water partition coefficient (Wildman–Crippen LogP) is 3.05. The van der Waals surface area contributed by atoms with Gasteiger partial charge in [0.15, 0.2) is 11.0 Å². The lowest BCUT2D eigenvalue weighted by atomic mass is 10.2. The van der Waals surface area contributed by atoms with Crippen molar-refractivity contribution in [3.63, 3.8) is 0 Å². The molecule has 1 aliphatic rings. The maximum atomic E-state index is 12.7. The Bertz CT molecular complexity index is 918. The second-order valence-corrected chi connectivity index (χ2v) is 7.46. The number of nitrogens with zero attached hydrogens (tertiary/aromatic N) is 5. The number of halogens is 1. The van der Waals surface area contributed by atoms with Gasteiger partial charge in [0.25, 0.3) is 0 Å². The number of anilines is 1. The van der Waals surface area contributed by atoms with Crippen molar-refractivity contribution in [3.8, 4) is 11.5 Å². The molecule has 1 fully saturated rings. The molecule has 4 rings (SSSR count). The average Bonchev–Trinajstić information content (AvgIpc) is 3.33. The van der Waals surface area contributed by atoms with Gasteiger partial charge >= 0.3 is 0 Å². The van der Waals surface area contributed by atoms with Gasteiger partial charge in [-0.3, -0.25) is 4.79 Å². The summed E-state index contributed by atoms with van der Waals surface area (Å²) in [4.78, 5) is 21.2. The molecule has 1 amide bonds. The lowest BCUT2D eigenvalue weighted by Crippen LogP contribution is -2.49. The van der Waals surface area contributed by atoms with Crippen molar-refractivity contribution >= 4 is 34.7 Å². The summed E-state index contributed by atoms with van der Waals surface area (Å²) in [7, 11) is 0. The molecule has 3 aromatic heterocycles. The van der Waals surface area contributed by atoms with Crippen molar-refractivity contribution < 1.29 is 9.21 Å². The van der Waals surface area contributed by atoms with Gasteiger partial charge in [-0.25, -0.2) is 4.98 Å². The third-order valence-corrected chi connectivity index (χ3v) is 5.44. The fraction of sp³-hybridized carbons (Fsp3) is 0.333. The van der Waals surface area contributed by atoms with E-state index in [0.29, 0.717) is 48.7 Å². The largest absolute Gasteiger partial charge is 0.441 e. The molecule has 0 aromatic carbocycles. The Morgan fingerprint density at radius 1 is 1.22 bits per heavy atom. The van der Waals surface area contributed by atoms with Crippen LogP contribution in [0.4, 0.5) is 5.82 Å². The van der Waals surface area contributed by atoms with E-state index in [9.17, 15) is 4.79 Å². The highest BCUT2D eigenvalue weighted by atomic mass is 35.5. The first-order valence-corrected chi connectivity index (χ1v) is 9.93. The quantitative estimate of drug-likeness (QED) is 0.666. The van der Waals surface area contributed by atoms with Crippen LogP contribution in [-0.4, -0.2) is 52.2 Å². The van der Waals surface area contributed by atoms with E-state index in [1.54, 1.807) is 17.4 Å². The third kappa shape index (κ3) is 3.96. The van der Waals surface area contributed by atoms with Crippen molar-refractivity contribution in [2.75, 3.05) is 31.1 Å². The zero-order chi connectivity index (χ0) is 18.8. The van der Waals surface area contributed by atoms with E-state index in [2.05, 4.69) is 20.1 Å². The number of thiophene rings is 1. The van der Waals surface area contributed by atoms with Crippen LogP contribution in [-0.2, 0) is 11.2 Å². The lowest BCUT2D eigenvalue weighted by molar-refractivity contribution is -0.130. The second-order valence-electron chi connectivity index (χ2n) is 6.29. The van der Waals surface area contributed by atoms with Crippen LogP contribution in [0.1, 0.15) is 11.5 Å². The first-order valence-electron chi connectivity index (χ1n) is 8.61. The summed E-state index contributed by atoms with van der Waals surface area (Å²) >= 11 is 7.37. The minimum Gasteiger partial charge on any atom is -0.441 e. The number of aryl methyl sites for hydroxylation is 1. The van der Waals surface area contributed by atoms with E-state index in [-0.39, 0.29) is 12.3 Å². The normalized spacial score (nSPS) is 14.6. The van der Waals surface area contributed by atoms with E-state index in [1.165, 1.54) is 0 Å². The number of aromatic nitrogens is 3. The standard InChI is InChI=1S/C18H18ClN5O2S/c1-12-14(20-18(26-12)13-4-9-27-11-13)10-17(25)24-7-5-23(6-8-24)16-3-2-15(19)21-22-16/h2-4,9,11H,5-8,10H2,1H3. The maximum absolute atomic E-state index is 12.7. The topological polar surface area (TPSA) is 75.4 Å². The molecule has 0 aliphatic carbocycles. The Morgan fingerprint density at radius 2 is 2.04 bits per heavy atom. The summed E-state index contributed by atoms with van der Waals surface area (Å²) in [6, 6.07) is 5.53. The minimum atomic E-state index is 0.0603. The lowest BCUT2D eigenvalue weighted by Gasteiger charge is -2.35. The van der Waals surface area contributed by atoms with Crippen molar-refractivity contribution in [1.82, 2.24) is 20.1 Å². The molecule has 1 saturated heterocycles. The van der Waals surface area contributed by atoms with Gasteiger partial charge in [-0.1, -0.05) is 11.6 Å². The van der Waals surface area contributed by atoms with Gasteiger partial charge in [-0.2, -0.15) is 11.3 Å². The molecule has 3 aromatic rings. The fourth-order valence-corrected chi connectivity index (χ4v) is 3.75. The van der Waals surface area contributed by atoms with Crippen LogP contribution in [0.2, 0.25) is 5.15 Å². The number of piperazine rings is 1. The number of carbonyl (C=O) groups excluding carboxylic acids is 1. The van der Waals surface area contributed by atoms with Crippen molar-refractivity contribution in [1.29, 1.82) is 0 Å². The van der Waals surface area contributed by atoms with Crippen LogP contribution in [0.25, 0.3) is 11.5 Å². The van der Waals surface area contributed by atoms with Gasteiger partial charge < -0.3 is 14.2 Å². The first kappa shape index (κ1) is 17.9. The Morgan fingerprint density at radius 3 is 2.70 bits per heavy atom. The maximum Gasteiger partial charge on any atom is 0.228 e. The van der Waals surface area contributed by atoms with Crippen LogP contribution in [0.15, 0.2) is 33.4 Å². The molecular formula is C18H18ClN5O2S. The van der Waals surface area contributed by atoms with Crippen molar-refractivity contribution in [2.45, 2.75) is 13.3 Å². The molecule has 27 heavy (non-hydrogen) atoms. The SMILES string of the molecule is Cc1oc(-c2ccsc2)nc1CC(=O)N1CCN(c2ccc(Cl)nn2)CC1. The summed E-state index contributed by atoms with van der Waals surface area (Å²) in [5.41, 5.74) is 1.65. The molecule has 0 bridgehead atoms. The van der Waals surface area contributed by atoms with Crippen molar-refractivity contribution in [3.05, 3.63) is 45.6 Å². The molecule has 0 spiro atoms. The summed E-state index contributed by atoms with van der Waals surface area (Å²) in [5, 5.41) is 12.3. The van der Waals surface area contributed by atoms with Crippen molar-refractivity contribution in [2.24, 2.45) is 0 Å². The molecule has 7 nitrogen and oxygen atoms in total. The molecule has 4 heterocycles. The third-order valence-electron chi connectivity index (χ3n) is 4.55. The van der Waals surface area contributed by atoms with E-state index in [4.69, 9.17) is 16.0 Å². The van der Waals surface area contributed by atoms with E-state index < -0.39 is 0 Å². The molecule has 0 radical (unpaired) electrons. The molecule has 0 N–H and O–H groups in total. The number of rotatable bonds is 4. The Labute approximate surface area is 165 Å². The summed E-state index contributed by atoms with van der Waals surface area (Å²) in [5.74, 6) is 2.10. The van der Waals surface area contributed by atoms with Crippen LogP contribution >= 0.6 is 22.9 Å². The number of oxazole rings is 1. The van der Waals surface area contributed by atoms with Gasteiger partial charge in [-0.05, 0) is 30.5 Å². The molecule has 0 atom stereocenters. The predicted molar refractivity (Wildman–Crippen MR) is 104 cm³/mol. The summed E-state index contributed by atoms with van der Waals surface area (Å²) in [6.07, 6.45) is 0.250. The van der Waals surface area contributed by atoms with Crippen LogP contribution in [0.3, 0.4) is 0 Å². The number of carbonyl (C=O) groups is 1. The van der Waals surface area contributed by atoms with Gasteiger partial charge in [0.1, 0.15) is 5.76 Å². The second kappa shape index (κ2) is 7.66. The monoisotopic (exact) mass is 403 g/mol. The highest BCUT2D eigenvalue weighted by Crippen LogP contribution is 2.24. The average molecular weight is 404 g/mol. The highest BCUT2D eigenvalue weighted by Gasteiger charge is 2.24. The van der Waals surface area contributed by atoms with E-state index in [0.717, 1.165) is 11.4 Å². The highest BCUT2D eigenvalue weighted by molar-refractivity contribution is 7.08. The Hall–Kier alpha value is -2.45. The molecule has 140 valence electrons. The molecule has 0 unspecified atom stereocenters. The molecule has 1 aliphatic heterocycles. The summed E-state index contributed by atoms with van der Waals surface area (Å²) in [6.45, 7) is 4.54. The zero-order valence-corrected chi connectivity index (χ0v) is 16.3. The van der Waals surface area contributed by atoms with E-state index in [1.807, 2.05) is 34.7 Å². The number of hydrogen-bond donors (Lipinski definition) is 0. The smallest absolute Gasteiger partial charge is 0.228 e.